The average molecular weight is 374 g/mol. The van der Waals surface area contributed by atoms with Gasteiger partial charge in [-0.05, 0) is 53.3 Å². The summed E-state index contributed by atoms with van der Waals surface area (Å²) in [4.78, 5) is 0.0363. The Bertz CT molecular complexity index is 761. The number of hydrogen-bond acceptors (Lipinski definition) is 4. The van der Waals surface area contributed by atoms with E-state index in [0.29, 0.717) is 15.8 Å². The molecule has 8 heteroatoms. The fourth-order valence-electron chi connectivity index (χ4n) is 1.68. The van der Waals surface area contributed by atoms with Gasteiger partial charge < -0.3 is 11.1 Å². The maximum Gasteiger partial charge on any atom is 0.240 e. The van der Waals surface area contributed by atoms with Gasteiger partial charge in [-0.25, -0.2) is 17.5 Å². The molecule has 4 N–H and O–H groups in total. The first-order chi connectivity index (χ1) is 9.85. The van der Waals surface area contributed by atoms with E-state index in [0.717, 1.165) is 0 Å². The Balaban J connectivity index is 2.48. The minimum Gasteiger partial charge on any atom is -0.397 e. The molecule has 21 heavy (non-hydrogen) atoms. The monoisotopic (exact) mass is 373 g/mol. The third-order valence-corrected chi connectivity index (χ3v) is 4.90. The number of para-hydroxylation sites is 1. The molecule has 5 nitrogen and oxygen atoms in total. The molecule has 2 aromatic carbocycles. The summed E-state index contributed by atoms with van der Waals surface area (Å²) in [7, 11) is -2.29. The summed E-state index contributed by atoms with van der Waals surface area (Å²) in [5.41, 5.74) is 6.60. The van der Waals surface area contributed by atoms with E-state index in [2.05, 4.69) is 26.0 Å². The van der Waals surface area contributed by atoms with Crippen molar-refractivity contribution in [2.45, 2.75) is 4.90 Å². The Kier molecular flexibility index (Phi) is 4.50. The number of nitrogens with one attached hydrogen (secondary N) is 2. The van der Waals surface area contributed by atoms with Crippen LogP contribution in [0.2, 0.25) is 0 Å². The number of sulfonamides is 1. The standard InChI is InChI=1S/C13H13BrFN3O2S/c1-17-21(19,20)8-5-6-11(16)12(7-8)18-13-9(14)3-2-4-10(13)15/h2-7,17-18H,16H2,1H3. The van der Waals surface area contributed by atoms with Crippen LogP contribution in [-0.4, -0.2) is 15.5 Å². The van der Waals surface area contributed by atoms with Gasteiger partial charge in [0.25, 0.3) is 0 Å². The van der Waals surface area contributed by atoms with Crippen LogP contribution in [0.5, 0.6) is 0 Å². The maximum absolute atomic E-state index is 13.8. The van der Waals surface area contributed by atoms with Gasteiger partial charge in [-0.15, -0.1) is 0 Å². The number of benzene rings is 2. The van der Waals surface area contributed by atoms with E-state index in [1.165, 1.54) is 31.3 Å². The van der Waals surface area contributed by atoms with Gasteiger partial charge in [-0.3, -0.25) is 0 Å². The molecule has 0 aliphatic rings. The highest BCUT2D eigenvalue weighted by Gasteiger charge is 2.15. The molecule has 0 saturated heterocycles. The van der Waals surface area contributed by atoms with Gasteiger partial charge in [0, 0.05) is 4.47 Å². The molecule has 0 heterocycles. The fraction of sp³-hybridized carbons (Fsp3) is 0.0769. The molecule has 2 rings (SSSR count). The first-order valence-corrected chi connectivity index (χ1v) is 8.17. The molecule has 0 amide bonds. The van der Waals surface area contributed by atoms with Gasteiger partial charge in [0.15, 0.2) is 0 Å². The van der Waals surface area contributed by atoms with Crippen LogP contribution in [0.15, 0.2) is 45.8 Å². The smallest absolute Gasteiger partial charge is 0.240 e. The number of nitrogen functional groups attached to an aromatic ring is 1. The molecule has 0 unspecified atom stereocenters. The van der Waals surface area contributed by atoms with Crippen molar-refractivity contribution >= 4 is 43.0 Å². The zero-order chi connectivity index (χ0) is 15.6. The van der Waals surface area contributed by atoms with Crippen LogP contribution in [-0.2, 0) is 10.0 Å². The quantitative estimate of drug-likeness (QED) is 0.719. The third-order valence-electron chi connectivity index (χ3n) is 2.83. The average Bonchev–Trinajstić information content (AvgIpc) is 2.44. The predicted molar refractivity (Wildman–Crippen MR) is 84.5 cm³/mol. The SMILES string of the molecule is CNS(=O)(=O)c1ccc(N)c(Nc2c(F)cccc2Br)c1. The summed E-state index contributed by atoms with van der Waals surface area (Å²) < 4.78 is 40.1. The molecule has 0 spiro atoms. The molecule has 112 valence electrons. The van der Waals surface area contributed by atoms with Crippen molar-refractivity contribution in [3.05, 3.63) is 46.7 Å². The molecule has 0 aliphatic carbocycles. The molecule has 0 aromatic heterocycles. The van der Waals surface area contributed by atoms with E-state index in [4.69, 9.17) is 5.73 Å². The Morgan fingerprint density at radius 1 is 1.24 bits per heavy atom. The van der Waals surface area contributed by atoms with E-state index in [9.17, 15) is 12.8 Å². The summed E-state index contributed by atoms with van der Waals surface area (Å²) in [6.45, 7) is 0. The van der Waals surface area contributed by atoms with E-state index < -0.39 is 15.8 Å². The van der Waals surface area contributed by atoms with E-state index in [-0.39, 0.29) is 10.6 Å². The third kappa shape index (κ3) is 3.34. The van der Waals surface area contributed by atoms with Crippen molar-refractivity contribution in [3.63, 3.8) is 0 Å². The first kappa shape index (κ1) is 15.7. The molecule has 0 bridgehead atoms. The van der Waals surface area contributed by atoms with Crippen molar-refractivity contribution in [3.8, 4) is 0 Å². The second-order valence-electron chi connectivity index (χ2n) is 4.18. The van der Waals surface area contributed by atoms with Gasteiger partial charge in [0.05, 0.1) is 22.0 Å². The van der Waals surface area contributed by atoms with Crippen LogP contribution < -0.4 is 15.8 Å². The first-order valence-electron chi connectivity index (χ1n) is 5.89. The normalized spacial score (nSPS) is 11.4. The molecule has 0 saturated carbocycles. The number of nitrogens with two attached hydrogens (primary N) is 1. The van der Waals surface area contributed by atoms with Gasteiger partial charge >= 0.3 is 0 Å². The predicted octanol–water partition coefficient (Wildman–Crippen LogP) is 2.82. The lowest BCUT2D eigenvalue weighted by Crippen LogP contribution is -2.18. The Morgan fingerprint density at radius 2 is 1.95 bits per heavy atom. The molecule has 0 aliphatic heterocycles. The summed E-state index contributed by atoms with van der Waals surface area (Å²) in [6.07, 6.45) is 0. The summed E-state index contributed by atoms with van der Waals surface area (Å²) in [5, 5.41) is 2.81. The minimum absolute atomic E-state index is 0.0363. The van der Waals surface area contributed by atoms with Crippen LogP contribution in [0.3, 0.4) is 0 Å². The highest BCUT2D eigenvalue weighted by atomic mass is 79.9. The topological polar surface area (TPSA) is 84.2 Å². The van der Waals surface area contributed by atoms with Crippen molar-refractivity contribution in [1.82, 2.24) is 4.72 Å². The summed E-state index contributed by atoms with van der Waals surface area (Å²) >= 11 is 3.23. The van der Waals surface area contributed by atoms with Gasteiger partial charge in [-0.1, -0.05) is 6.07 Å². The minimum atomic E-state index is -3.60. The molecule has 0 fully saturated rings. The lowest BCUT2D eigenvalue weighted by Gasteiger charge is -2.13. The van der Waals surface area contributed by atoms with Crippen LogP contribution in [0.1, 0.15) is 0 Å². The maximum atomic E-state index is 13.8. The number of halogens is 2. The fourth-order valence-corrected chi connectivity index (χ4v) is 2.88. The van der Waals surface area contributed by atoms with Gasteiger partial charge in [-0.2, -0.15) is 0 Å². The highest BCUT2D eigenvalue weighted by Crippen LogP contribution is 2.32. The second-order valence-corrected chi connectivity index (χ2v) is 6.92. The lowest BCUT2D eigenvalue weighted by atomic mass is 10.2. The number of anilines is 3. The van der Waals surface area contributed by atoms with Crippen LogP contribution in [0.4, 0.5) is 21.5 Å². The molecule has 0 atom stereocenters. The summed E-state index contributed by atoms with van der Waals surface area (Å²) in [5.74, 6) is -0.481. The molecular weight excluding hydrogens is 361 g/mol. The Hall–Kier alpha value is -1.64. The Morgan fingerprint density at radius 3 is 2.57 bits per heavy atom. The number of rotatable bonds is 4. The molecular formula is C13H13BrFN3O2S. The van der Waals surface area contributed by atoms with Gasteiger partial charge in [0.1, 0.15) is 5.82 Å². The van der Waals surface area contributed by atoms with Crippen LogP contribution in [0, 0.1) is 5.82 Å². The van der Waals surface area contributed by atoms with Crippen molar-refractivity contribution in [1.29, 1.82) is 0 Å². The van der Waals surface area contributed by atoms with E-state index >= 15 is 0 Å². The molecule has 0 radical (unpaired) electrons. The lowest BCUT2D eigenvalue weighted by molar-refractivity contribution is 0.588. The summed E-state index contributed by atoms with van der Waals surface area (Å²) in [6, 6.07) is 8.67. The largest absolute Gasteiger partial charge is 0.397 e. The van der Waals surface area contributed by atoms with Gasteiger partial charge in [0.2, 0.25) is 10.0 Å². The van der Waals surface area contributed by atoms with Crippen molar-refractivity contribution < 1.29 is 12.8 Å². The second kappa shape index (κ2) is 6.00. The number of hydrogen-bond donors (Lipinski definition) is 3. The van der Waals surface area contributed by atoms with Crippen molar-refractivity contribution in [2.75, 3.05) is 18.1 Å². The highest BCUT2D eigenvalue weighted by molar-refractivity contribution is 9.10. The zero-order valence-electron chi connectivity index (χ0n) is 11.0. The van der Waals surface area contributed by atoms with Crippen LogP contribution >= 0.6 is 15.9 Å². The Labute approximate surface area is 130 Å². The zero-order valence-corrected chi connectivity index (χ0v) is 13.4. The van der Waals surface area contributed by atoms with Crippen molar-refractivity contribution in [2.24, 2.45) is 0 Å². The molecule has 2 aromatic rings. The van der Waals surface area contributed by atoms with Crippen LogP contribution in [0.25, 0.3) is 0 Å². The van der Waals surface area contributed by atoms with E-state index in [1.807, 2.05) is 0 Å². The van der Waals surface area contributed by atoms with E-state index in [1.54, 1.807) is 12.1 Å².